The minimum atomic E-state index is -0.634. The van der Waals surface area contributed by atoms with E-state index in [9.17, 15) is 4.79 Å². The minimum Gasteiger partial charge on any atom is -0.459 e. The molecule has 0 aromatic carbocycles. The first-order valence-corrected chi connectivity index (χ1v) is 6.10. The average molecular weight is 270 g/mol. The summed E-state index contributed by atoms with van der Waals surface area (Å²) in [5.74, 6) is 0.536. The molecule has 0 spiro atoms. The molecule has 0 unspecified atom stereocenters. The Bertz CT molecular complexity index is 538. The summed E-state index contributed by atoms with van der Waals surface area (Å²) in [6.07, 6.45) is 0. The van der Waals surface area contributed by atoms with Gasteiger partial charge in [-0.15, -0.1) is 15.3 Å². The van der Waals surface area contributed by atoms with E-state index in [-0.39, 0.29) is 17.7 Å². The van der Waals surface area contributed by atoms with Crippen LogP contribution in [0.2, 0.25) is 0 Å². The van der Waals surface area contributed by atoms with Crippen LogP contribution >= 0.6 is 11.8 Å². The number of thioether (sulfide) groups is 1. The fourth-order valence-electron chi connectivity index (χ4n) is 1.06. The van der Waals surface area contributed by atoms with Gasteiger partial charge in [0.1, 0.15) is 0 Å². The number of aryl methyl sites for hydroxylation is 1. The van der Waals surface area contributed by atoms with Gasteiger partial charge in [0, 0.05) is 6.92 Å². The van der Waals surface area contributed by atoms with E-state index in [1.54, 1.807) is 13.8 Å². The first-order chi connectivity index (χ1) is 8.69. The molecule has 0 fully saturated rings. The van der Waals surface area contributed by atoms with Crippen LogP contribution in [0.1, 0.15) is 29.4 Å². The van der Waals surface area contributed by atoms with Gasteiger partial charge in [-0.3, -0.25) is 0 Å². The van der Waals surface area contributed by atoms with Crippen molar-refractivity contribution in [2.24, 2.45) is 0 Å². The maximum absolute atomic E-state index is 11.3. The van der Waals surface area contributed by atoms with E-state index in [1.807, 2.05) is 0 Å². The Kier molecular flexibility index (Phi) is 3.92. The van der Waals surface area contributed by atoms with Crippen LogP contribution in [0.3, 0.4) is 0 Å². The van der Waals surface area contributed by atoms with Crippen LogP contribution < -0.4 is 0 Å². The first-order valence-electron chi connectivity index (χ1n) is 5.11. The lowest BCUT2D eigenvalue weighted by Gasteiger charge is -1.94. The van der Waals surface area contributed by atoms with Gasteiger partial charge in [-0.25, -0.2) is 4.79 Å². The lowest BCUT2D eigenvalue weighted by molar-refractivity contribution is 0.0475. The van der Waals surface area contributed by atoms with Crippen LogP contribution in [0, 0.1) is 6.92 Å². The third-order valence-electron chi connectivity index (χ3n) is 1.74. The molecule has 0 saturated carbocycles. The van der Waals surface area contributed by atoms with Crippen molar-refractivity contribution in [1.82, 2.24) is 20.4 Å². The van der Waals surface area contributed by atoms with Crippen LogP contribution in [0.25, 0.3) is 0 Å². The van der Waals surface area contributed by atoms with Crippen molar-refractivity contribution in [1.29, 1.82) is 0 Å². The molecule has 96 valence electrons. The number of carbonyl (C=O) groups is 1. The Morgan fingerprint density at radius 2 is 2.11 bits per heavy atom. The summed E-state index contributed by atoms with van der Waals surface area (Å²) < 4.78 is 15.0. The Morgan fingerprint density at radius 1 is 1.28 bits per heavy atom. The largest absolute Gasteiger partial charge is 0.459 e. The van der Waals surface area contributed by atoms with Gasteiger partial charge in [0.25, 0.3) is 5.22 Å². The second-order valence-electron chi connectivity index (χ2n) is 3.10. The van der Waals surface area contributed by atoms with Gasteiger partial charge in [0.2, 0.25) is 11.8 Å². The maximum atomic E-state index is 11.3. The summed E-state index contributed by atoms with van der Waals surface area (Å²) in [6, 6.07) is 0. The highest BCUT2D eigenvalue weighted by atomic mass is 32.2. The zero-order chi connectivity index (χ0) is 13.0. The van der Waals surface area contributed by atoms with E-state index in [0.717, 1.165) is 0 Å². The average Bonchev–Trinajstić information content (AvgIpc) is 2.95. The van der Waals surface area contributed by atoms with Gasteiger partial charge < -0.3 is 13.6 Å². The third-order valence-corrected chi connectivity index (χ3v) is 2.55. The molecular weight excluding hydrogens is 260 g/mol. The Morgan fingerprint density at radius 3 is 2.78 bits per heavy atom. The molecule has 0 atom stereocenters. The Labute approximate surface area is 106 Å². The summed E-state index contributed by atoms with van der Waals surface area (Å²) in [4.78, 5) is 11.3. The number of hydrogen-bond acceptors (Lipinski definition) is 9. The summed E-state index contributed by atoms with van der Waals surface area (Å²) in [6.45, 7) is 3.65. The molecule has 0 bridgehead atoms. The molecule has 0 aliphatic heterocycles. The number of ether oxygens (including phenoxy) is 1. The zero-order valence-electron chi connectivity index (χ0n) is 9.74. The molecule has 18 heavy (non-hydrogen) atoms. The monoisotopic (exact) mass is 270 g/mol. The van der Waals surface area contributed by atoms with E-state index in [4.69, 9.17) is 13.6 Å². The fraction of sp³-hybridized carbons (Fsp3) is 0.444. The van der Waals surface area contributed by atoms with Gasteiger partial charge in [-0.1, -0.05) is 16.9 Å². The SMILES string of the molecule is CCOC(=O)c1nnc(SCc2nnc(C)o2)o1. The number of rotatable bonds is 5. The van der Waals surface area contributed by atoms with Gasteiger partial charge in [0.15, 0.2) is 0 Å². The van der Waals surface area contributed by atoms with Gasteiger partial charge in [0.05, 0.1) is 12.4 Å². The number of nitrogens with zero attached hydrogens (tertiary/aromatic N) is 4. The zero-order valence-corrected chi connectivity index (χ0v) is 10.6. The molecule has 8 nitrogen and oxygen atoms in total. The van der Waals surface area contributed by atoms with Crippen LogP contribution in [0.5, 0.6) is 0 Å². The predicted octanol–water partition coefficient (Wildman–Crippen LogP) is 1.23. The summed E-state index contributed by atoms with van der Waals surface area (Å²) in [5.41, 5.74) is 0. The van der Waals surface area contributed by atoms with E-state index in [1.165, 1.54) is 11.8 Å². The smallest absolute Gasteiger partial charge is 0.396 e. The number of aromatic nitrogens is 4. The summed E-state index contributed by atoms with van der Waals surface area (Å²) in [7, 11) is 0. The quantitative estimate of drug-likeness (QED) is 0.585. The lowest BCUT2D eigenvalue weighted by atomic mass is 10.7. The fourth-order valence-corrected chi connectivity index (χ4v) is 1.66. The van der Waals surface area contributed by atoms with Crippen LogP contribution in [0.15, 0.2) is 14.1 Å². The van der Waals surface area contributed by atoms with Crippen molar-refractivity contribution < 1.29 is 18.4 Å². The molecule has 0 radical (unpaired) electrons. The van der Waals surface area contributed by atoms with Crippen molar-refractivity contribution in [3.8, 4) is 0 Å². The molecule has 0 aliphatic rings. The molecule has 0 N–H and O–H groups in total. The van der Waals surface area contributed by atoms with Crippen molar-refractivity contribution in [3.63, 3.8) is 0 Å². The van der Waals surface area contributed by atoms with Gasteiger partial charge in [-0.2, -0.15) is 0 Å². The third kappa shape index (κ3) is 3.06. The van der Waals surface area contributed by atoms with E-state index >= 15 is 0 Å². The van der Waals surface area contributed by atoms with E-state index in [2.05, 4.69) is 20.4 Å². The van der Waals surface area contributed by atoms with E-state index in [0.29, 0.717) is 17.5 Å². The Hall–Kier alpha value is -1.90. The van der Waals surface area contributed by atoms with Crippen molar-refractivity contribution in [2.75, 3.05) is 6.61 Å². The van der Waals surface area contributed by atoms with Crippen LogP contribution in [-0.4, -0.2) is 33.0 Å². The van der Waals surface area contributed by atoms with Crippen LogP contribution in [-0.2, 0) is 10.5 Å². The maximum Gasteiger partial charge on any atom is 0.396 e. The van der Waals surface area contributed by atoms with Crippen molar-refractivity contribution >= 4 is 17.7 Å². The molecule has 2 rings (SSSR count). The molecule has 0 aliphatic carbocycles. The Balaban J connectivity index is 1.92. The predicted molar refractivity (Wildman–Crippen MR) is 58.9 cm³/mol. The number of esters is 1. The van der Waals surface area contributed by atoms with Gasteiger partial charge >= 0.3 is 11.9 Å². The summed E-state index contributed by atoms with van der Waals surface area (Å²) >= 11 is 1.20. The highest BCUT2D eigenvalue weighted by Crippen LogP contribution is 2.20. The topological polar surface area (TPSA) is 104 Å². The molecule has 2 heterocycles. The normalized spacial score (nSPS) is 10.6. The lowest BCUT2D eigenvalue weighted by Crippen LogP contribution is -2.04. The van der Waals surface area contributed by atoms with Crippen molar-refractivity contribution in [2.45, 2.75) is 24.8 Å². The minimum absolute atomic E-state index is 0.166. The first kappa shape index (κ1) is 12.6. The molecule has 9 heteroatoms. The molecular formula is C9H10N4O4S. The summed E-state index contributed by atoms with van der Waals surface area (Å²) in [5, 5.41) is 15.0. The highest BCUT2D eigenvalue weighted by molar-refractivity contribution is 7.98. The van der Waals surface area contributed by atoms with Crippen LogP contribution in [0.4, 0.5) is 0 Å². The number of carbonyl (C=O) groups excluding carboxylic acids is 1. The molecule has 2 aromatic heterocycles. The number of hydrogen-bond donors (Lipinski definition) is 0. The second-order valence-corrected chi connectivity index (χ2v) is 4.02. The second kappa shape index (κ2) is 5.63. The molecule has 2 aromatic rings. The molecule has 0 saturated heterocycles. The highest BCUT2D eigenvalue weighted by Gasteiger charge is 2.16. The molecule has 0 amide bonds. The van der Waals surface area contributed by atoms with Crippen molar-refractivity contribution in [3.05, 3.63) is 17.7 Å². The standard InChI is InChI=1S/C9H10N4O4S/c1-3-15-8(14)7-12-13-9(17-7)18-4-6-11-10-5(2)16-6/h3-4H2,1-2H3. The van der Waals surface area contributed by atoms with Gasteiger partial charge in [-0.05, 0) is 6.92 Å². The van der Waals surface area contributed by atoms with E-state index < -0.39 is 5.97 Å².